The number of hydrogen-bond acceptors (Lipinski definition) is 4. The summed E-state index contributed by atoms with van der Waals surface area (Å²) in [6, 6.07) is 0. The van der Waals surface area contributed by atoms with Crippen LogP contribution in [-0.2, 0) is 9.59 Å². The molecule has 0 aliphatic rings. The van der Waals surface area contributed by atoms with E-state index in [-0.39, 0.29) is 5.75 Å². The average molecular weight is 362 g/mol. The molecule has 0 aromatic rings. The van der Waals surface area contributed by atoms with Crippen LogP contribution in [-0.4, -0.2) is 44.9 Å². The van der Waals surface area contributed by atoms with E-state index < -0.39 is 24.0 Å². The maximum absolute atomic E-state index is 10.9. The van der Waals surface area contributed by atoms with Crippen molar-refractivity contribution in [1.29, 1.82) is 0 Å². The minimum absolute atomic E-state index is 0.248. The lowest BCUT2D eigenvalue weighted by atomic mass is 10.0. The van der Waals surface area contributed by atoms with Gasteiger partial charge in [-0.3, -0.25) is 9.59 Å². The zero-order valence-corrected chi connectivity index (χ0v) is 15.6. The van der Waals surface area contributed by atoms with Gasteiger partial charge in [-0.25, -0.2) is 0 Å². The molecule has 0 rings (SSSR count). The van der Waals surface area contributed by atoms with Crippen LogP contribution in [0.2, 0.25) is 0 Å². The molecule has 0 aromatic heterocycles. The lowest BCUT2D eigenvalue weighted by Crippen LogP contribution is -2.32. The molecule has 1 radical (unpaired) electrons. The van der Waals surface area contributed by atoms with Gasteiger partial charge < -0.3 is 15.3 Å². The van der Waals surface area contributed by atoms with Crippen LogP contribution >= 0.6 is 11.8 Å². The van der Waals surface area contributed by atoms with E-state index in [4.69, 9.17) is 10.2 Å². The third-order valence-electron chi connectivity index (χ3n) is 3.95. The summed E-state index contributed by atoms with van der Waals surface area (Å²) in [7, 11) is 0. The van der Waals surface area contributed by atoms with Gasteiger partial charge in [0.25, 0.3) is 0 Å². The lowest BCUT2D eigenvalue weighted by Gasteiger charge is -2.16. The van der Waals surface area contributed by atoms with Crippen LogP contribution in [0, 0.1) is 12.3 Å². The molecule has 0 fully saturated rings. The maximum atomic E-state index is 10.9. The highest BCUT2D eigenvalue weighted by molar-refractivity contribution is 7.99. The fraction of sp³-hybridized carbons (Fsp3) is 0.833. The summed E-state index contributed by atoms with van der Waals surface area (Å²) in [4.78, 5) is 21.5. The molecule has 2 atom stereocenters. The van der Waals surface area contributed by atoms with E-state index >= 15 is 0 Å². The molecule has 0 aromatic carbocycles. The van der Waals surface area contributed by atoms with Crippen molar-refractivity contribution in [3.8, 4) is 0 Å². The minimum Gasteiger partial charge on any atom is -0.481 e. The molecule has 6 heteroatoms. The Morgan fingerprint density at radius 3 is 1.88 bits per heavy atom. The van der Waals surface area contributed by atoms with Gasteiger partial charge in [0.05, 0.1) is 18.4 Å². The van der Waals surface area contributed by atoms with Crippen LogP contribution in [0.25, 0.3) is 0 Å². The van der Waals surface area contributed by atoms with Crippen molar-refractivity contribution in [2.24, 2.45) is 5.92 Å². The molecule has 141 valence electrons. The molecule has 5 nitrogen and oxygen atoms in total. The standard InChI is InChI=1S/C18H33O5S/c1-2-3-4-5-6-7-8-9-10-11-12-24-14-16(19)15(18(22)23)13-17(20)21/h13,15-16,19H,2-12,14H2,1H3,(H,20,21)(H,22,23). The molecule has 0 amide bonds. The van der Waals surface area contributed by atoms with Gasteiger partial charge in [-0.2, -0.15) is 11.8 Å². The Kier molecular flexibility index (Phi) is 15.3. The number of aliphatic carboxylic acids is 2. The second kappa shape index (κ2) is 15.8. The van der Waals surface area contributed by atoms with Gasteiger partial charge in [0, 0.05) is 5.75 Å². The molecular weight excluding hydrogens is 328 g/mol. The van der Waals surface area contributed by atoms with Crippen molar-refractivity contribution >= 4 is 23.7 Å². The van der Waals surface area contributed by atoms with Gasteiger partial charge in [0.2, 0.25) is 0 Å². The third-order valence-corrected chi connectivity index (χ3v) is 5.11. The van der Waals surface area contributed by atoms with E-state index in [0.29, 0.717) is 6.42 Å². The van der Waals surface area contributed by atoms with Crippen LogP contribution < -0.4 is 0 Å². The molecular formula is C18H33O5S. The fourth-order valence-corrected chi connectivity index (χ4v) is 3.52. The van der Waals surface area contributed by atoms with Crippen LogP contribution in [0.5, 0.6) is 0 Å². The molecule has 0 bridgehead atoms. The number of aliphatic hydroxyl groups is 1. The van der Waals surface area contributed by atoms with E-state index in [1.165, 1.54) is 63.1 Å². The predicted molar refractivity (Wildman–Crippen MR) is 98.2 cm³/mol. The van der Waals surface area contributed by atoms with Crippen LogP contribution in [0.3, 0.4) is 0 Å². The van der Waals surface area contributed by atoms with Gasteiger partial charge in [-0.1, -0.05) is 64.7 Å². The zero-order chi connectivity index (χ0) is 18.2. The Labute approximate surface area is 150 Å². The van der Waals surface area contributed by atoms with E-state index in [1.54, 1.807) is 0 Å². The van der Waals surface area contributed by atoms with Crippen molar-refractivity contribution in [1.82, 2.24) is 0 Å². The number of carbonyl (C=O) groups is 2. The summed E-state index contributed by atoms with van der Waals surface area (Å²) in [6.07, 6.45) is 12.2. The molecule has 0 aliphatic carbocycles. The summed E-state index contributed by atoms with van der Waals surface area (Å²) in [6.45, 7) is 2.23. The fourth-order valence-electron chi connectivity index (χ4n) is 2.50. The Balaban J connectivity index is 3.51. The van der Waals surface area contributed by atoms with Crippen LogP contribution in [0.4, 0.5) is 0 Å². The average Bonchev–Trinajstić information content (AvgIpc) is 2.53. The van der Waals surface area contributed by atoms with E-state index in [1.807, 2.05) is 0 Å². The summed E-state index contributed by atoms with van der Waals surface area (Å²) in [5.74, 6) is -2.85. The highest BCUT2D eigenvalue weighted by atomic mass is 32.2. The summed E-state index contributed by atoms with van der Waals surface area (Å²) in [5, 5.41) is 27.3. The second-order valence-corrected chi connectivity index (χ2v) is 7.34. The molecule has 0 spiro atoms. The number of rotatable bonds is 17. The first-order valence-electron chi connectivity index (χ1n) is 9.05. The van der Waals surface area contributed by atoms with Crippen molar-refractivity contribution in [3.05, 3.63) is 6.42 Å². The SMILES string of the molecule is CCCCCCCCCCCCSCC(O)C([CH]C(=O)O)C(=O)O. The molecule has 0 heterocycles. The molecule has 24 heavy (non-hydrogen) atoms. The Bertz CT molecular complexity index is 335. The zero-order valence-electron chi connectivity index (χ0n) is 14.8. The van der Waals surface area contributed by atoms with Gasteiger partial charge in [0.15, 0.2) is 0 Å². The van der Waals surface area contributed by atoms with E-state index in [2.05, 4.69) is 6.92 Å². The third kappa shape index (κ3) is 13.7. The summed E-state index contributed by atoms with van der Waals surface area (Å²) >= 11 is 1.49. The number of carboxylic acids is 2. The Morgan fingerprint density at radius 2 is 1.42 bits per heavy atom. The van der Waals surface area contributed by atoms with Crippen molar-refractivity contribution in [2.75, 3.05) is 11.5 Å². The molecule has 3 N–H and O–H groups in total. The molecule has 0 saturated heterocycles. The quantitative estimate of drug-likeness (QED) is 0.339. The van der Waals surface area contributed by atoms with Crippen molar-refractivity contribution in [2.45, 2.75) is 77.2 Å². The predicted octanol–water partition coefficient (Wildman–Crippen LogP) is 3.99. The smallest absolute Gasteiger partial charge is 0.310 e. The first-order chi connectivity index (χ1) is 11.5. The highest BCUT2D eigenvalue weighted by Gasteiger charge is 2.29. The topological polar surface area (TPSA) is 94.8 Å². The van der Waals surface area contributed by atoms with Gasteiger partial charge >= 0.3 is 11.9 Å². The highest BCUT2D eigenvalue weighted by Crippen LogP contribution is 2.17. The first kappa shape index (κ1) is 23.2. The molecule has 0 aliphatic heterocycles. The number of carboxylic acid groups (broad SMARTS) is 2. The number of aliphatic hydroxyl groups excluding tert-OH is 1. The molecule has 2 unspecified atom stereocenters. The maximum Gasteiger partial charge on any atom is 0.310 e. The lowest BCUT2D eigenvalue weighted by molar-refractivity contribution is -0.147. The number of thioether (sulfide) groups is 1. The van der Waals surface area contributed by atoms with Gasteiger partial charge in [-0.15, -0.1) is 0 Å². The Morgan fingerprint density at radius 1 is 0.917 bits per heavy atom. The minimum atomic E-state index is -1.34. The van der Waals surface area contributed by atoms with Crippen molar-refractivity contribution < 1.29 is 24.9 Å². The molecule has 0 saturated carbocycles. The van der Waals surface area contributed by atoms with Gasteiger partial charge in [0.1, 0.15) is 0 Å². The van der Waals surface area contributed by atoms with E-state index in [0.717, 1.165) is 18.6 Å². The van der Waals surface area contributed by atoms with Gasteiger partial charge in [-0.05, 0) is 12.2 Å². The second-order valence-electron chi connectivity index (χ2n) is 6.19. The number of hydrogen-bond donors (Lipinski definition) is 3. The first-order valence-corrected chi connectivity index (χ1v) is 10.2. The van der Waals surface area contributed by atoms with Crippen LogP contribution in [0.15, 0.2) is 0 Å². The summed E-state index contributed by atoms with van der Waals surface area (Å²) in [5.41, 5.74) is 0. The van der Waals surface area contributed by atoms with Crippen molar-refractivity contribution in [3.63, 3.8) is 0 Å². The monoisotopic (exact) mass is 361 g/mol. The number of unbranched alkanes of at least 4 members (excludes halogenated alkanes) is 9. The Hall–Kier alpha value is -0.750. The van der Waals surface area contributed by atoms with E-state index in [9.17, 15) is 14.7 Å². The van der Waals surface area contributed by atoms with Crippen LogP contribution in [0.1, 0.15) is 71.1 Å². The summed E-state index contributed by atoms with van der Waals surface area (Å²) < 4.78 is 0. The normalized spacial score (nSPS) is 13.6. The largest absolute Gasteiger partial charge is 0.481 e.